The van der Waals surface area contributed by atoms with E-state index in [4.69, 9.17) is 5.11 Å². The average Bonchev–Trinajstić information content (AvgIpc) is 2.16. The van der Waals surface area contributed by atoms with E-state index in [2.05, 4.69) is 0 Å². The zero-order valence-electron chi connectivity index (χ0n) is 8.34. The predicted octanol–water partition coefficient (Wildman–Crippen LogP) is 3.52. The molecule has 0 bridgehead atoms. The molecule has 0 unspecified atom stereocenters. The Morgan fingerprint density at radius 3 is 2.50 bits per heavy atom. The Balaban J connectivity index is 3.39. The van der Waals surface area contributed by atoms with Crippen LogP contribution in [-0.2, 0) is 6.18 Å². The van der Waals surface area contributed by atoms with Gasteiger partial charge in [0.2, 0.25) is 0 Å². The molecule has 2 nitrogen and oxygen atoms in total. The monoisotopic (exact) mass is 250 g/mol. The van der Waals surface area contributed by atoms with E-state index >= 15 is 0 Å². The van der Waals surface area contributed by atoms with Crippen LogP contribution in [-0.4, -0.2) is 16.8 Å². The second-order valence-electron chi connectivity index (χ2n) is 2.91. The number of hydrogen-bond acceptors (Lipinski definition) is 2. The number of hydrogen-bond donors (Lipinski definition) is 1. The van der Waals surface area contributed by atoms with E-state index in [9.17, 15) is 18.0 Å². The van der Waals surface area contributed by atoms with Gasteiger partial charge in [-0.3, -0.25) is 0 Å². The molecule has 0 atom stereocenters. The fourth-order valence-electron chi connectivity index (χ4n) is 1.26. The molecule has 1 rings (SSSR count). The molecule has 1 N–H and O–H groups in total. The molecule has 0 saturated heterocycles. The molecule has 0 aliphatic rings. The van der Waals surface area contributed by atoms with Gasteiger partial charge >= 0.3 is 12.1 Å². The van der Waals surface area contributed by atoms with Gasteiger partial charge in [-0.1, -0.05) is 13.0 Å². The Morgan fingerprint density at radius 2 is 2.06 bits per heavy atom. The van der Waals surface area contributed by atoms with Gasteiger partial charge in [0.25, 0.3) is 0 Å². The summed E-state index contributed by atoms with van der Waals surface area (Å²) in [5.41, 5.74) is -1.76. The number of carbonyl (C=O) groups is 1. The van der Waals surface area contributed by atoms with E-state index < -0.39 is 23.3 Å². The van der Waals surface area contributed by atoms with E-state index in [1.807, 2.05) is 0 Å². The maximum Gasteiger partial charge on any atom is 0.417 e. The molecular formula is C10H9F3O2S. The summed E-state index contributed by atoms with van der Waals surface area (Å²) in [4.78, 5) is 11.0. The first kappa shape index (κ1) is 12.9. The largest absolute Gasteiger partial charge is 0.478 e. The molecule has 88 valence electrons. The molecule has 0 saturated carbocycles. The van der Waals surface area contributed by atoms with Crippen molar-refractivity contribution in [2.45, 2.75) is 18.0 Å². The summed E-state index contributed by atoms with van der Waals surface area (Å²) in [5.74, 6) is -1.04. The average molecular weight is 250 g/mol. The lowest BCUT2D eigenvalue weighted by atomic mass is 10.1. The van der Waals surface area contributed by atoms with Gasteiger partial charge in [0, 0.05) is 4.90 Å². The number of rotatable bonds is 3. The number of carboxylic acids is 1. The third-order valence-corrected chi connectivity index (χ3v) is 2.79. The smallest absolute Gasteiger partial charge is 0.417 e. The number of alkyl halides is 3. The molecule has 1 aromatic carbocycles. The van der Waals surface area contributed by atoms with Gasteiger partial charge in [0.1, 0.15) is 0 Å². The summed E-state index contributed by atoms with van der Waals surface area (Å²) >= 11 is 1.08. The lowest BCUT2D eigenvalue weighted by Gasteiger charge is -2.12. The molecule has 0 amide bonds. The van der Waals surface area contributed by atoms with Crippen LogP contribution in [0.2, 0.25) is 0 Å². The molecule has 16 heavy (non-hydrogen) atoms. The van der Waals surface area contributed by atoms with Crippen molar-refractivity contribution >= 4 is 17.7 Å². The second-order valence-corrected chi connectivity index (χ2v) is 4.22. The van der Waals surface area contributed by atoms with Crippen molar-refractivity contribution in [2.24, 2.45) is 0 Å². The fourth-order valence-corrected chi connectivity index (χ4v) is 2.09. The Bertz CT molecular complexity index is 402. The van der Waals surface area contributed by atoms with Gasteiger partial charge < -0.3 is 5.11 Å². The van der Waals surface area contributed by atoms with E-state index in [1.54, 1.807) is 6.92 Å². The van der Waals surface area contributed by atoms with Crippen LogP contribution in [0, 0.1) is 0 Å². The number of thioether (sulfide) groups is 1. The van der Waals surface area contributed by atoms with Crippen molar-refractivity contribution in [1.82, 2.24) is 0 Å². The number of halogens is 3. The first-order chi connectivity index (χ1) is 7.38. The lowest BCUT2D eigenvalue weighted by Crippen LogP contribution is -2.13. The summed E-state index contributed by atoms with van der Waals surface area (Å²) in [6, 6.07) is 3.38. The lowest BCUT2D eigenvalue weighted by molar-refractivity contribution is -0.138. The molecule has 0 aromatic heterocycles. The molecule has 0 fully saturated rings. The minimum absolute atomic E-state index is 0.143. The summed E-state index contributed by atoms with van der Waals surface area (Å²) < 4.78 is 37.7. The number of aromatic carboxylic acids is 1. The van der Waals surface area contributed by atoms with E-state index in [1.165, 1.54) is 12.1 Å². The molecule has 0 heterocycles. The van der Waals surface area contributed by atoms with Crippen LogP contribution in [0.25, 0.3) is 0 Å². The Labute approximate surface area is 94.5 Å². The summed E-state index contributed by atoms with van der Waals surface area (Å²) in [7, 11) is 0. The van der Waals surface area contributed by atoms with E-state index in [0.717, 1.165) is 17.8 Å². The van der Waals surface area contributed by atoms with Gasteiger partial charge in [-0.05, 0) is 17.9 Å². The third-order valence-electron chi connectivity index (χ3n) is 1.85. The minimum Gasteiger partial charge on any atom is -0.478 e. The summed E-state index contributed by atoms with van der Waals surface area (Å²) in [6.07, 6.45) is -4.64. The normalized spacial score (nSPS) is 11.5. The van der Waals surface area contributed by atoms with Crippen LogP contribution < -0.4 is 0 Å². The van der Waals surface area contributed by atoms with Crippen LogP contribution >= 0.6 is 11.8 Å². The second kappa shape index (κ2) is 4.78. The van der Waals surface area contributed by atoms with Crippen molar-refractivity contribution < 1.29 is 23.1 Å². The molecule has 0 radical (unpaired) electrons. The zero-order valence-corrected chi connectivity index (χ0v) is 9.15. The quantitative estimate of drug-likeness (QED) is 0.834. The maximum atomic E-state index is 12.6. The summed E-state index contributed by atoms with van der Waals surface area (Å²) in [6.45, 7) is 1.75. The van der Waals surface area contributed by atoms with Crippen molar-refractivity contribution in [3.63, 3.8) is 0 Å². The van der Waals surface area contributed by atoms with Crippen molar-refractivity contribution in [3.8, 4) is 0 Å². The number of benzene rings is 1. The molecule has 6 heteroatoms. The Kier molecular flexibility index (Phi) is 3.85. The van der Waals surface area contributed by atoms with Gasteiger partial charge in [0.05, 0.1) is 11.1 Å². The highest BCUT2D eigenvalue weighted by atomic mass is 32.2. The zero-order chi connectivity index (χ0) is 12.3. The van der Waals surface area contributed by atoms with Crippen LogP contribution in [0.5, 0.6) is 0 Å². The predicted molar refractivity (Wildman–Crippen MR) is 54.8 cm³/mol. The van der Waals surface area contributed by atoms with Gasteiger partial charge in [-0.15, -0.1) is 11.8 Å². The first-order valence-corrected chi connectivity index (χ1v) is 5.42. The highest BCUT2D eigenvalue weighted by molar-refractivity contribution is 7.99. The Hall–Kier alpha value is -1.17. The van der Waals surface area contributed by atoms with Gasteiger partial charge in [0.15, 0.2) is 0 Å². The molecule has 0 aliphatic heterocycles. The topological polar surface area (TPSA) is 37.3 Å². The van der Waals surface area contributed by atoms with Crippen molar-refractivity contribution in [2.75, 3.05) is 5.75 Å². The fraction of sp³-hybridized carbons (Fsp3) is 0.300. The van der Waals surface area contributed by atoms with E-state index in [-0.39, 0.29) is 4.90 Å². The number of carboxylic acid groups (broad SMARTS) is 1. The van der Waals surface area contributed by atoms with Crippen LogP contribution in [0.3, 0.4) is 0 Å². The van der Waals surface area contributed by atoms with Crippen LogP contribution in [0.4, 0.5) is 13.2 Å². The molecule has 1 aromatic rings. The molecule has 0 spiro atoms. The molecule has 0 aliphatic carbocycles. The first-order valence-electron chi connectivity index (χ1n) is 4.44. The van der Waals surface area contributed by atoms with E-state index in [0.29, 0.717) is 5.75 Å². The van der Waals surface area contributed by atoms with Crippen LogP contribution in [0.15, 0.2) is 23.1 Å². The highest BCUT2D eigenvalue weighted by Gasteiger charge is 2.36. The van der Waals surface area contributed by atoms with Gasteiger partial charge in [-0.2, -0.15) is 13.2 Å². The summed E-state index contributed by atoms with van der Waals surface area (Å²) in [5, 5.41) is 8.82. The minimum atomic E-state index is -4.64. The SMILES string of the molecule is CCSc1cccc(C(F)(F)F)c1C(=O)O. The van der Waals surface area contributed by atoms with Gasteiger partial charge in [-0.25, -0.2) is 4.79 Å². The van der Waals surface area contributed by atoms with Crippen LogP contribution in [0.1, 0.15) is 22.8 Å². The van der Waals surface area contributed by atoms with Crippen molar-refractivity contribution in [1.29, 1.82) is 0 Å². The molecular weight excluding hydrogens is 241 g/mol. The third kappa shape index (κ3) is 2.69. The highest BCUT2D eigenvalue weighted by Crippen LogP contribution is 2.36. The Morgan fingerprint density at radius 1 is 1.44 bits per heavy atom. The van der Waals surface area contributed by atoms with Crippen molar-refractivity contribution in [3.05, 3.63) is 29.3 Å². The standard InChI is InChI=1S/C10H9F3O2S/c1-2-16-7-5-3-4-6(10(11,12)13)8(7)9(14)15/h3-5H,2H2,1H3,(H,14,15). The maximum absolute atomic E-state index is 12.6.